The maximum Gasteiger partial charge on any atom is 0.313 e. The van der Waals surface area contributed by atoms with E-state index in [9.17, 15) is 14.9 Å². The Kier molecular flexibility index (Phi) is 3.19. The highest BCUT2D eigenvalue weighted by molar-refractivity contribution is 5.85. The van der Waals surface area contributed by atoms with Gasteiger partial charge >= 0.3 is 5.69 Å². The second kappa shape index (κ2) is 4.51. The normalized spacial score (nSPS) is 15.1. The molecule has 1 heterocycles. The summed E-state index contributed by atoms with van der Waals surface area (Å²) < 4.78 is 1.60. The minimum atomic E-state index is -0.434. The van der Waals surface area contributed by atoms with Gasteiger partial charge in [0, 0.05) is 12.0 Å². The number of Topliss-reactive ketones (excluding diaryl/α,β-unsaturated/α-hetero) is 1. The maximum absolute atomic E-state index is 11.9. The molecule has 0 amide bonds. The molecule has 1 aromatic heterocycles. The largest absolute Gasteiger partial charge is 0.313 e. The van der Waals surface area contributed by atoms with Crippen molar-refractivity contribution in [2.45, 2.75) is 46.1 Å². The molecule has 1 aliphatic rings. The maximum atomic E-state index is 11.9. The van der Waals surface area contributed by atoms with Crippen molar-refractivity contribution in [3.63, 3.8) is 0 Å². The molecule has 1 aliphatic carbocycles. The van der Waals surface area contributed by atoms with E-state index >= 15 is 0 Å². The number of aryl methyl sites for hydroxylation is 1. The lowest BCUT2D eigenvalue weighted by molar-refractivity contribution is -0.386. The minimum Gasteiger partial charge on any atom is -0.299 e. The van der Waals surface area contributed by atoms with Crippen molar-refractivity contribution in [1.82, 2.24) is 9.78 Å². The summed E-state index contributed by atoms with van der Waals surface area (Å²) >= 11 is 0. The fraction of sp³-hybridized carbons (Fsp3) is 0.667. The van der Waals surface area contributed by atoms with Crippen LogP contribution in [0.4, 0.5) is 5.69 Å². The Labute approximate surface area is 105 Å². The number of ketones is 1. The van der Waals surface area contributed by atoms with E-state index in [4.69, 9.17) is 0 Å². The second-order valence-corrected chi connectivity index (χ2v) is 5.09. The SMILES string of the molecule is Cc1nn(C(C)C)c(CC(=O)C2CC2)c1[N+](=O)[O-]. The molecule has 0 aromatic carbocycles. The van der Waals surface area contributed by atoms with E-state index in [0.717, 1.165) is 12.8 Å². The Morgan fingerprint density at radius 1 is 1.56 bits per heavy atom. The summed E-state index contributed by atoms with van der Waals surface area (Å²) in [6.07, 6.45) is 1.96. The molecular weight excluding hydrogens is 234 g/mol. The Hall–Kier alpha value is -1.72. The number of aromatic nitrogens is 2. The van der Waals surface area contributed by atoms with Crippen LogP contribution in [0, 0.1) is 23.0 Å². The highest BCUT2D eigenvalue weighted by Crippen LogP contribution is 2.33. The van der Waals surface area contributed by atoms with Crippen molar-refractivity contribution >= 4 is 11.5 Å². The number of hydrogen-bond donors (Lipinski definition) is 0. The summed E-state index contributed by atoms with van der Waals surface area (Å²) in [6, 6.07) is 0.0133. The van der Waals surface area contributed by atoms with Crippen LogP contribution in [0.2, 0.25) is 0 Å². The van der Waals surface area contributed by atoms with Crippen molar-refractivity contribution in [2.75, 3.05) is 0 Å². The molecule has 98 valence electrons. The molecule has 0 spiro atoms. The van der Waals surface area contributed by atoms with Gasteiger partial charge in [-0.05, 0) is 33.6 Å². The predicted octanol–water partition coefficient (Wildman–Crippen LogP) is 2.20. The number of nitrogens with zero attached hydrogens (tertiary/aromatic N) is 3. The van der Waals surface area contributed by atoms with Gasteiger partial charge in [0.2, 0.25) is 0 Å². The van der Waals surface area contributed by atoms with Gasteiger partial charge in [-0.15, -0.1) is 0 Å². The highest BCUT2D eigenvalue weighted by atomic mass is 16.6. The Morgan fingerprint density at radius 3 is 2.61 bits per heavy atom. The molecule has 2 rings (SSSR count). The summed E-state index contributed by atoms with van der Waals surface area (Å²) in [6.45, 7) is 5.42. The molecule has 0 saturated heterocycles. The van der Waals surface area contributed by atoms with E-state index in [2.05, 4.69) is 5.10 Å². The minimum absolute atomic E-state index is 0.00213. The lowest BCUT2D eigenvalue weighted by Gasteiger charge is -2.09. The first kappa shape index (κ1) is 12.7. The molecule has 0 bridgehead atoms. The van der Waals surface area contributed by atoms with Gasteiger partial charge in [0.15, 0.2) is 0 Å². The van der Waals surface area contributed by atoms with Gasteiger partial charge in [0.25, 0.3) is 0 Å². The standard InChI is InChI=1S/C12H17N3O3/c1-7(2)14-10(6-11(16)9-4-5-9)12(15(17)18)8(3)13-14/h7,9H,4-6H2,1-3H3. The van der Waals surface area contributed by atoms with Crippen molar-refractivity contribution < 1.29 is 9.72 Å². The molecule has 0 aliphatic heterocycles. The van der Waals surface area contributed by atoms with Gasteiger partial charge in [-0.3, -0.25) is 19.6 Å². The Morgan fingerprint density at radius 2 is 2.17 bits per heavy atom. The van der Waals surface area contributed by atoms with Crippen LogP contribution in [0.25, 0.3) is 0 Å². The summed E-state index contributed by atoms with van der Waals surface area (Å²) in [7, 11) is 0. The molecule has 0 N–H and O–H groups in total. The van der Waals surface area contributed by atoms with Crippen LogP contribution < -0.4 is 0 Å². The number of nitro groups is 1. The fourth-order valence-electron chi connectivity index (χ4n) is 2.13. The van der Waals surface area contributed by atoms with E-state index < -0.39 is 4.92 Å². The van der Waals surface area contributed by atoms with E-state index in [-0.39, 0.29) is 29.9 Å². The van der Waals surface area contributed by atoms with Crippen LogP contribution in [-0.4, -0.2) is 20.5 Å². The second-order valence-electron chi connectivity index (χ2n) is 5.09. The van der Waals surface area contributed by atoms with Gasteiger partial charge in [-0.2, -0.15) is 5.10 Å². The predicted molar refractivity (Wildman–Crippen MR) is 65.4 cm³/mol. The van der Waals surface area contributed by atoms with E-state index in [1.165, 1.54) is 0 Å². The van der Waals surface area contributed by atoms with Crippen LogP contribution in [0.3, 0.4) is 0 Å². The zero-order valence-corrected chi connectivity index (χ0v) is 10.8. The third kappa shape index (κ3) is 2.27. The molecular formula is C12H17N3O3. The van der Waals surface area contributed by atoms with Crippen LogP contribution in [0.15, 0.2) is 0 Å². The molecule has 1 aromatic rings. The van der Waals surface area contributed by atoms with Gasteiger partial charge in [0.05, 0.1) is 11.3 Å². The van der Waals surface area contributed by atoms with Crippen molar-refractivity contribution in [3.8, 4) is 0 Å². The topological polar surface area (TPSA) is 78.0 Å². The third-order valence-corrected chi connectivity index (χ3v) is 3.20. The molecule has 1 fully saturated rings. The zero-order chi connectivity index (χ0) is 13.4. The van der Waals surface area contributed by atoms with E-state index in [0.29, 0.717) is 11.4 Å². The summed E-state index contributed by atoms with van der Waals surface area (Å²) in [4.78, 5) is 22.5. The summed E-state index contributed by atoms with van der Waals surface area (Å²) in [5, 5.41) is 15.3. The van der Waals surface area contributed by atoms with Crippen LogP contribution in [0.1, 0.15) is 44.1 Å². The zero-order valence-electron chi connectivity index (χ0n) is 10.8. The molecule has 0 unspecified atom stereocenters. The van der Waals surface area contributed by atoms with Gasteiger partial charge in [0.1, 0.15) is 17.2 Å². The summed E-state index contributed by atoms with van der Waals surface area (Å²) in [5.74, 6) is 0.209. The lowest BCUT2D eigenvalue weighted by atomic mass is 10.1. The number of carbonyl (C=O) groups excluding carboxylic acids is 1. The first-order valence-corrected chi connectivity index (χ1v) is 6.17. The fourth-order valence-corrected chi connectivity index (χ4v) is 2.13. The van der Waals surface area contributed by atoms with Gasteiger partial charge in [-0.1, -0.05) is 0 Å². The molecule has 6 heteroatoms. The van der Waals surface area contributed by atoms with Crippen molar-refractivity contribution in [1.29, 1.82) is 0 Å². The molecule has 18 heavy (non-hydrogen) atoms. The van der Waals surface area contributed by atoms with Crippen LogP contribution in [0.5, 0.6) is 0 Å². The van der Waals surface area contributed by atoms with Gasteiger partial charge < -0.3 is 0 Å². The Bertz CT molecular complexity index is 501. The number of hydrogen-bond acceptors (Lipinski definition) is 4. The number of rotatable bonds is 5. The first-order valence-electron chi connectivity index (χ1n) is 6.17. The van der Waals surface area contributed by atoms with Gasteiger partial charge in [-0.25, -0.2) is 0 Å². The summed E-state index contributed by atoms with van der Waals surface area (Å²) in [5.41, 5.74) is 0.828. The molecule has 1 saturated carbocycles. The van der Waals surface area contributed by atoms with E-state index in [1.807, 2.05) is 13.8 Å². The average molecular weight is 251 g/mol. The van der Waals surface area contributed by atoms with Crippen molar-refractivity contribution in [3.05, 3.63) is 21.5 Å². The number of carbonyl (C=O) groups is 1. The van der Waals surface area contributed by atoms with Crippen LogP contribution >= 0.6 is 0 Å². The van der Waals surface area contributed by atoms with E-state index in [1.54, 1.807) is 11.6 Å². The smallest absolute Gasteiger partial charge is 0.299 e. The molecule has 0 atom stereocenters. The first-order chi connectivity index (χ1) is 8.41. The lowest BCUT2D eigenvalue weighted by Crippen LogP contribution is -2.14. The van der Waals surface area contributed by atoms with Crippen molar-refractivity contribution in [2.24, 2.45) is 5.92 Å². The quantitative estimate of drug-likeness (QED) is 0.593. The third-order valence-electron chi connectivity index (χ3n) is 3.20. The average Bonchev–Trinajstić information content (AvgIpc) is 3.03. The molecule has 6 nitrogen and oxygen atoms in total. The monoisotopic (exact) mass is 251 g/mol. The highest BCUT2D eigenvalue weighted by Gasteiger charge is 2.34. The van der Waals surface area contributed by atoms with Crippen LogP contribution in [-0.2, 0) is 11.2 Å². The Balaban J connectivity index is 2.39. The molecule has 0 radical (unpaired) electrons.